The van der Waals surface area contributed by atoms with Crippen molar-refractivity contribution in [2.75, 3.05) is 13.1 Å². The van der Waals surface area contributed by atoms with E-state index in [2.05, 4.69) is 17.2 Å². The average molecular weight is 212 g/mol. The molecule has 80 valence electrons. The first kappa shape index (κ1) is 10.3. The maximum Gasteiger partial charge on any atom is 0.156 e. The highest BCUT2D eigenvalue weighted by molar-refractivity contribution is 8.14. The number of aliphatic imine (C=N–C) groups is 1. The first-order valence-corrected chi connectivity index (χ1v) is 6.67. The van der Waals surface area contributed by atoms with E-state index in [4.69, 9.17) is 0 Å². The van der Waals surface area contributed by atoms with Crippen molar-refractivity contribution in [1.82, 2.24) is 5.32 Å². The number of amidine groups is 1. The van der Waals surface area contributed by atoms with Crippen molar-refractivity contribution in [2.45, 2.75) is 44.3 Å². The van der Waals surface area contributed by atoms with E-state index < -0.39 is 0 Å². The van der Waals surface area contributed by atoms with E-state index in [1.165, 1.54) is 37.3 Å². The van der Waals surface area contributed by atoms with Gasteiger partial charge in [0.05, 0.1) is 6.54 Å². The van der Waals surface area contributed by atoms with Gasteiger partial charge in [-0.05, 0) is 12.3 Å². The fourth-order valence-electron chi connectivity index (χ4n) is 2.26. The van der Waals surface area contributed by atoms with E-state index in [1.807, 2.05) is 11.8 Å². The smallest absolute Gasteiger partial charge is 0.156 e. The minimum Gasteiger partial charge on any atom is -0.365 e. The summed E-state index contributed by atoms with van der Waals surface area (Å²) >= 11 is 1.89. The maximum absolute atomic E-state index is 4.45. The van der Waals surface area contributed by atoms with Gasteiger partial charge in [-0.1, -0.05) is 44.4 Å². The van der Waals surface area contributed by atoms with E-state index in [0.29, 0.717) is 5.25 Å². The topological polar surface area (TPSA) is 24.4 Å². The van der Waals surface area contributed by atoms with Crippen LogP contribution >= 0.6 is 11.8 Å². The molecule has 1 saturated carbocycles. The Labute approximate surface area is 90.9 Å². The van der Waals surface area contributed by atoms with E-state index in [1.54, 1.807) is 0 Å². The zero-order valence-corrected chi connectivity index (χ0v) is 9.78. The van der Waals surface area contributed by atoms with Crippen LogP contribution in [0.2, 0.25) is 0 Å². The zero-order valence-electron chi connectivity index (χ0n) is 8.96. The summed E-state index contributed by atoms with van der Waals surface area (Å²) in [6.07, 6.45) is 7.16. The summed E-state index contributed by atoms with van der Waals surface area (Å²) in [4.78, 5) is 4.45. The van der Waals surface area contributed by atoms with Crippen LogP contribution in [-0.4, -0.2) is 23.5 Å². The Morgan fingerprint density at radius 3 is 2.86 bits per heavy atom. The summed E-state index contributed by atoms with van der Waals surface area (Å²) in [7, 11) is 0. The van der Waals surface area contributed by atoms with Gasteiger partial charge in [0.2, 0.25) is 0 Å². The molecule has 0 aromatic rings. The second kappa shape index (κ2) is 5.06. The molecular weight excluding hydrogens is 192 g/mol. The van der Waals surface area contributed by atoms with Crippen LogP contribution in [0.5, 0.6) is 0 Å². The second-order valence-corrected chi connectivity index (χ2v) is 5.87. The second-order valence-electron chi connectivity index (χ2n) is 4.44. The molecular formula is C11H20N2S. The van der Waals surface area contributed by atoms with Gasteiger partial charge in [-0.3, -0.25) is 4.99 Å². The highest BCUT2D eigenvalue weighted by atomic mass is 32.2. The van der Waals surface area contributed by atoms with Crippen LogP contribution < -0.4 is 5.32 Å². The van der Waals surface area contributed by atoms with Crippen LogP contribution in [0, 0.1) is 5.92 Å². The average Bonchev–Trinajstić information content (AvgIpc) is 2.77. The third-order valence-corrected chi connectivity index (χ3v) is 4.16. The number of nitrogens with zero attached hydrogens (tertiary/aromatic N) is 1. The Kier molecular flexibility index (Phi) is 3.74. The molecule has 0 saturated heterocycles. The summed E-state index contributed by atoms with van der Waals surface area (Å²) in [6.45, 7) is 4.36. The largest absolute Gasteiger partial charge is 0.365 e. The van der Waals surface area contributed by atoms with Gasteiger partial charge in [0, 0.05) is 11.8 Å². The van der Waals surface area contributed by atoms with Gasteiger partial charge in [0.15, 0.2) is 5.17 Å². The van der Waals surface area contributed by atoms with Crippen LogP contribution in [0.15, 0.2) is 4.99 Å². The number of nitrogens with one attached hydrogen (secondary N) is 1. The normalized spacial score (nSPS) is 28.1. The van der Waals surface area contributed by atoms with Crippen LogP contribution in [0.4, 0.5) is 0 Å². The lowest BCUT2D eigenvalue weighted by molar-refractivity contribution is 0.501. The fourth-order valence-corrected chi connectivity index (χ4v) is 3.12. The van der Waals surface area contributed by atoms with Crippen molar-refractivity contribution in [3.8, 4) is 0 Å². The third kappa shape index (κ3) is 2.91. The molecule has 14 heavy (non-hydrogen) atoms. The highest BCUT2D eigenvalue weighted by Gasteiger charge is 2.16. The number of hydrogen-bond donors (Lipinski definition) is 1. The lowest BCUT2D eigenvalue weighted by Crippen LogP contribution is -2.22. The molecule has 0 aromatic carbocycles. The Balaban J connectivity index is 1.58. The lowest BCUT2D eigenvalue weighted by atomic mass is 10.0. The molecule has 1 N–H and O–H groups in total. The van der Waals surface area contributed by atoms with Gasteiger partial charge < -0.3 is 5.32 Å². The van der Waals surface area contributed by atoms with Gasteiger partial charge in [0.1, 0.15) is 0 Å². The standard InChI is InChI=1S/C11H20N2S/c1-9-8-13-11(14-9)12-7-6-10-4-2-3-5-10/h9-10H,2-8H2,1H3,(H,12,13). The molecule has 1 aliphatic heterocycles. The summed E-state index contributed by atoms with van der Waals surface area (Å²) in [6, 6.07) is 0. The predicted octanol–water partition coefficient (Wildman–Crippen LogP) is 2.65. The summed E-state index contributed by atoms with van der Waals surface area (Å²) in [5.41, 5.74) is 0. The van der Waals surface area contributed by atoms with Crippen LogP contribution in [-0.2, 0) is 0 Å². The minimum absolute atomic E-state index is 0.684. The van der Waals surface area contributed by atoms with Crippen LogP contribution in [0.3, 0.4) is 0 Å². The first-order valence-electron chi connectivity index (χ1n) is 5.79. The number of rotatable bonds is 3. The maximum atomic E-state index is 4.45. The van der Waals surface area contributed by atoms with E-state index in [0.717, 1.165) is 19.0 Å². The highest BCUT2D eigenvalue weighted by Crippen LogP contribution is 2.27. The molecule has 0 aromatic heterocycles. The molecule has 1 heterocycles. The molecule has 2 aliphatic rings. The Hall–Kier alpha value is -0.180. The van der Waals surface area contributed by atoms with Crippen molar-refractivity contribution in [3.05, 3.63) is 0 Å². The predicted molar refractivity (Wildman–Crippen MR) is 63.9 cm³/mol. The SMILES string of the molecule is CC1CN=C(NCCC2CCCC2)S1. The van der Waals surface area contributed by atoms with Gasteiger partial charge in [0.25, 0.3) is 0 Å². The molecule has 0 spiro atoms. The number of thioether (sulfide) groups is 1. The number of hydrogen-bond acceptors (Lipinski definition) is 3. The lowest BCUT2D eigenvalue weighted by Gasteiger charge is -2.10. The summed E-state index contributed by atoms with van der Waals surface area (Å²) in [5.74, 6) is 0.993. The monoisotopic (exact) mass is 212 g/mol. The quantitative estimate of drug-likeness (QED) is 0.778. The molecule has 1 aliphatic carbocycles. The molecule has 2 rings (SSSR count). The molecule has 1 unspecified atom stereocenters. The van der Waals surface area contributed by atoms with Gasteiger partial charge in [-0.2, -0.15) is 0 Å². The Morgan fingerprint density at radius 1 is 1.43 bits per heavy atom. The Bertz CT molecular complexity index is 209. The van der Waals surface area contributed by atoms with Crippen molar-refractivity contribution in [3.63, 3.8) is 0 Å². The molecule has 1 fully saturated rings. The van der Waals surface area contributed by atoms with E-state index in [9.17, 15) is 0 Å². The molecule has 1 atom stereocenters. The van der Waals surface area contributed by atoms with Gasteiger partial charge in [-0.25, -0.2) is 0 Å². The first-order chi connectivity index (χ1) is 6.84. The molecule has 0 amide bonds. The van der Waals surface area contributed by atoms with Crippen molar-refractivity contribution in [2.24, 2.45) is 10.9 Å². The Morgan fingerprint density at radius 2 is 2.21 bits per heavy atom. The summed E-state index contributed by atoms with van der Waals surface area (Å²) in [5, 5.41) is 5.31. The van der Waals surface area contributed by atoms with E-state index in [-0.39, 0.29) is 0 Å². The molecule has 3 heteroatoms. The third-order valence-electron chi connectivity index (χ3n) is 3.11. The molecule has 2 nitrogen and oxygen atoms in total. The molecule has 0 bridgehead atoms. The van der Waals surface area contributed by atoms with Crippen molar-refractivity contribution < 1.29 is 0 Å². The fraction of sp³-hybridized carbons (Fsp3) is 0.909. The van der Waals surface area contributed by atoms with Crippen molar-refractivity contribution in [1.29, 1.82) is 0 Å². The van der Waals surface area contributed by atoms with Crippen molar-refractivity contribution >= 4 is 16.9 Å². The van der Waals surface area contributed by atoms with Crippen LogP contribution in [0.25, 0.3) is 0 Å². The van der Waals surface area contributed by atoms with Crippen LogP contribution in [0.1, 0.15) is 39.0 Å². The summed E-state index contributed by atoms with van der Waals surface area (Å²) < 4.78 is 0. The minimum atomic E-state index is 0.684. The van der Waals surface area contributed by atoms with Gasteiger partial charge in [-0.15, -0.1) is 0 Å². The zero-order chi connectivity index (χ0) is 9.80. The van der Waals surface area contributed by atoms with Gasteiger partial charge >= 0.3 is 0 Å². The molecule has 0 radical (unpaired) electrons. The van der Waals surface area contributed by atoms with E-state index >= 15 is 0 Å².